The molecule has 2 N–H and O–H groups in total. The fraction of sp³-hybridized carbons (Fsp3) is 0.259. The van der Waals surface area contributed by atoms with Crippen molar-refractivity contribution in [3.05, 3.63) is 94.5 Å². The van der Waals surface area contributed by atoms with Gasteiger partial charge >= 0.3 is 6.03 Å². The zero-order chi connectivity index (χ0) is 23.2. The summed E-state index contributed by atoms with van der Waals surface area (Å²) in [6.07, 6.45) is 1.60. The standard InChI is InChI=1S/C27H28ClN3O2/c1-19(22-7-4-8-24(28)16-22)30-27(33)29-17-23-6-2-3-9-25(23)21-13-11-20(12-14-21)18-31-15-5-10-26(31)32/h2-4,6-9,11-14,16,19H,5,10,15,17-18H2,1H3,(H2,29,30,33)/t19-/m0/s1. The van der Waals surface area contributed by atoms with E-state index >= 15 is 0 Å². The van der Waals surface area contributed by atoms with Gasteiger partial charge in [0.15, 0.2) is 0 Å². The number of carbonyl (C=O) groups is 2. The predicted molar refractivity (Wildman–Crippen MR) is 132 cm³/mol. The van der Waals surface area contributed by atoms with E-state index < -0.39 is 0 Å². The zero-order valence-electron chi connectivity index (χ0n) is 18.7. The molecule has 1 fully saturated rings. The molecule has 1 heterocycles. The molecule has 0 radical (unpaired) electrons. The minimum Gasteiger partial charge on any atom is -0.338 e. The van der Waals surface area contributed by atoms with Gasteiger partial charge in [0.05, 0.1) is 6.04 Å². The number of carbonyl (C=O) groups excluding carboxylic acids is 2. The molecule has 4 rings (SSSR count). The Kier molecular flexibility index (Phi) is 7.30. The maximum Gasteiger partial charge on any atom is 0.315 e. The first-order valence-electron chi connectivity index (χ1n) is 11.2. The lowest BCUT2D eigenvalue weighted by molar-refractivity contribution is -0.128. The van der Waals surface area contributed by atoms with Crippen LogP contribution in [0.15, 0.2) is 72.8 Å². The Balaban J connectivity index is 1.38. The van der Waals surface area contributed by atoms with E-state index in [0.29, 0.717) is 24.5 Å². The molecule has 6 heteroatoms. The highest BCUT2D eigenvalue weighted by molar-refractivity contribution is 6.30. The Labute approximate surface area is 199 Å². The number of benzene rings is 3. The third-order valence-corrected chi connectivity index (χ3v) is 6.20. The molecule has 0 bridgehead atoms. The van der Waals surface area contributed by atoms with E-state index in [0.717, 1.165) is 40.8 Å². The van der Waals surface area contributed by atoms with E-state index in [9.17, 15) is 9.59 Å². The van der Waals surface area contributed by atoms with Crippen LogP contribution in [0.4, 0.5) is 4.79 Å². The second-order valence-electron chi connectivity index (χ2n) is 8.38. The van der Waals surface area contributed by atoms with Crippen LogP contribution in [-0.2, 0) is 17.9 Å². The Morgan fingerprint density at radius 2 is 1.85 bits per heavy atom. The topological polar surface area (TPSA) is 61.4 Å². The maximum absolute atomic E-state index is 12.5. The summed E-state index contributed by atoms with van der Waals surface area (Å²) in [5, 5.41) is 6.57. The van der Waals surface area contributed by atoms with Crippen molar-refractivity contribution in [1.29, 1.82) is 0 Å². The second-order valence-corrected chi connectivity index (χ2v) is 8.81. The summed E-state index contributed by atoms with van der Waals surface area (Å²) in [6, 6.07) is 23.4. The highest BCUT2D eigenvalue weighted by Gasteiger charge is 2.20. The van der Waals surface area contributed by atoms with Gasteiger partial charge in [0.25, 0.3) is 0 Å². The van der Waals surface area contributed by atoms with Crippen LogP contribution in [-0.4, -0.2) is 23.4 Å². The van der Waals surface area contributed by atoms with Gasteiger partial charge in [-0.05, 0) is 53.3 Å². The van der Waals surface area contributed by atoms with E-state index in [1.807, 2.05) is 54.3 Å². The summed E-state index contributed by atoms with van der Waals surface area (Å²) >= 11 is 6.06. The maximum atomic E-state index is 12.5. The molecule has 3 aromatic rings. The van der Waals surface area contributed by atoms with Gasteiger partial charge in [0, 0.05) is 31.1 Å². The molecule has 1 atom stereocenters. The molecule has 0 aliphatic carbocycles. The molecule has 0 spiro atoms. The van der Waals surface area contributed by atoms with Crippen molar-refractivity contribution in [3.63, 3.8) is 0 Å². The smallest absolute Gasteiger partial charge is 0.315 e. The monoisotopic (exact) mass is 461 g/mol. The predicted octanol–water partition coefficient (Wildman–Crippen LogP) is 5.69. The van der Waals surface area contributed by atoms with Crippen LogP contribution in [0.1, 0.15) is 42.5 Å². The number of nitrogens with one attached hydrogen (secondary N) is 2. The van der Waals surface area contributed by atoms with Crippen LogP contribution >= 0.6 is 11.6 Å². The van der Waals surface area contributed by atoms with Crippen molar-refractivity contribution in [3.8, 4) is 11.1 Å². The largest absolute Gasteiger partial charge is 0.338 e. The summed E-state index contributed by atoms with van der Waals surface area (Å²) in [5.41, 5.74) is 5.26. The third kappa shape index (κ3) is 5.93. The molecule has 3 aromatic carbocycles. The van der Waals surface area contributed by atoms with Crippen LogP contribution < -0.4 is 10.6 Å². The number of halogens is 1. The van der Waals surface area contributed by atoms with Crippen LogP contribution in [0, 0.1) is 0 Å². The summed E-state index contributed by atoms with van der Waals surface area (Å²) in [5.74, 6) is 0.235. The molecular formula is C27H28ClN3O2. The van der Waals surface area contributed by atoms with E-state index in [1.165, 1.54) is 0 Å². The molecule has 1 aliphatic rings. The van der Waals surface area contributed by atoms with Crippen molar-refractivity contribution < 1.29 is 9.59 Å². The first-order valence-corrected chi connectivity index (χ1v) is 11.6. The van der Waals surface area contributed by atoms with E-state index in [4.69, 9.17) is 11.6 Å². The van der Waals surface area contributed by atoms with Gasteiger partial charge in [0.2, 0.25) is 5.91 Å². The molecule has 3 amide bonds. The van der Waals surface area contributed by atoms with Gasteiger partial charge in [-0.2, -0.15) is 0 Å². The molecule has 0 unspecified atom stereocenters. The van der Waals surface area contributed by atoms with E-state index in [1.54, 1.807) is 0 Å². The fourth-order valence-electron chi connectivity index (χ4n) is 4.12. The third-order valence-electron chi connectivity index (χ3n) is 5.96. The first kappa shape index (κ1) is 22.9. The van der Waals surface area contributed by atoms with Crippen LogP contribution in [0.5, 0.6) is 0 Å². The average Bonchev–Trinajstić information content (AvgIpc) is 3.22. The highest BCUT2D eigenvalue weighted by atomic mass is 35.5. The molecule has 0 saturated carbocycles. The van der Waals surface area contributed by atoms with E-state index in [-0.39, 0.29) is 18.0 Å². The summed E-state index contributed by atoms with van der Waals surface area (Å²) < 4.78 is 0. The molecule has 5 nitrogen and oxygen atoms in total. The van der Waals surface area contributed by atoms with E-state index in [2.05, 4.69) is 41.0 Å². The van der Waals surface area contributed by atoms with Crippen LogP contribution in [0.3, 0.4) is 0 Å². The number of amides is 3. The number of likely N-dealkylation sites (tertiary alicyclic amines) is 1. The molecule has 33 heavy (non-hydrogen) atoms. The van der Waals surface area contributed by atoms with Crippen molar-refractivity contribution >= 4 is 23.5 Å². The Hall–Kier alpha value is -3.31. The molecule has 0 aromatic heterocycles. The van der Waals surface area contributed by atoms with Crippen molar-refractivity contribution in [2.75, 3.05) is 6.54 Å². The molecular weight excluding hydrogens is 434 g/mol. The Bertz CT molecular complexity index is 1130. The highest BCUT2D eigenvalue weighted by Crippen LogP contribution is 2.25. The minimum atomic E-state index is -0.233. The lowest BCUT2D eigenvalue weighted by Crippen LogP contribution is -2.36. The second kappa shape index (κ2) is 10.5. The normalized spacial score (nSPS) is 14.2. The van der Waals surface area contributed by atoms with Crippen molar-refractivity contribution in [2.45, 2.75) is 38.9 Å². The van der Waals surface area contributed by atoms with Gasteiger partial charge in [-0.15, -0.1) is 0 Å². The molecule has 1 saturated heterocycles. The Morgan fingerprint density at radius 1 is 1.06 bits per heavy atom. The summed E-state index contributed by atoms with van der Waals surface area (Å²) in [4.78, 5) is 26.3. The van der Waals surface area contributed by atoms with Gasteiger partial charge in [-0.1, -0.05) is 72.3 Å². The number of urea groups is 1. The lowest BCUT2D eigenvalue weighted by atomic mass is 9.98. The molecule has 1 aliphatic heterocycles. The van der Waals surface area contributed by atoms with Gasteiger partial charge in [-0.3, -0.25) is 4.79 Å². The summed E-state index contributed by atoms with van der Waals surface area (Å²) in [6.45, 7) is 3.84. The number of rotatable bonds is 7. The van der Waals surface area contributed by atoms with Gasteiger partial charge in [-0.25, -0.2) is 4.79 Å². The van der Waals surface area contributed by atoms with Crippen molar-refractivity contribution in [2.24, 2.45) is 0 Å². The average molecular weight is 462 g/mol. The first-order chi connectivity index (χ1) is 16.0. The number of hydrogen-bond donors (Lipinski definition) is 2. The van der Waals surface area contributed by atoms with Gasteiger partial charge in [0.1, 0.15) is 0 Å². The van der Waals surface area contributed by atoms with Crippen molar-refractivity contribution in [1.82, 2.24) is 15.5 Å². The fourth-order valence-corrected chi connectivity index (χ4v) is 4.32. The summed E-state index contributed by atoms with van der Waals surface area (Å²) in [7, 11) is 0. The Morgan fingerprint density at radius 3 is 2.58 bits per heavy atom. The quantitative estimate of drug-likeness (QED) is 0.474. The minimum absolute atomic E-state index is 0.158. The van der Waals surface area contributed by atoms with Gasteiger partial charge < -0.3 is 15.5 Å². The lowest BCUT2D eigenvalue weighted by Gasteiger charge is -2.17. The SMILES string of the molecule is C[C@H](NC(=O)NCc1ccccc1-c1ccc(CN2CCCC2=O)cc1)c1cccc(Cl)c1. The zero-order valence-corrected chi connectivity index (χ0v) is 19.4. The number of nitrogens with zero attached hydrogens (tertiary/aromatic N) is 1. The molecule has 170 valence electrons. The number of hydrogen-bond acceptors (Lipinski definition) is 2. The van der Waals surface area contributed by atoms with Crippen LogP contribution in [0.2, 0.25) is 5.02 Å². The van der Waals surface area contributed by atoms with Crippen LogP contribution in [0.25, 0.3) is 11.1 Å².